The number of Topliss-reactive ketones (excluding diaryl/α,β-unsaturated/α-hetero) is 1. The molecule has 3 nitrogen and oxygen atoms in total. The van der Waals surface area contributed by atoms with Gasteiger partial charge in [-0.05, 0) is 56.0 Å². The number of carbonyl (C=O) groups excluding carboxylic acids is 1. The fraction of sp³-hybridized carbons (Fsp3) is 0.611. The molecule has 1 atom stereocenters. The molecule has 1 unspecified atom stereocenters. The molecule has 1 fully saturated rings. The molecule has 21 heavy (non-hydrogen) atoms. The zero-order valence-corrected chi connectivity index (χ0v) is 13.4. The van der Waals surface area contributed by atoms with Crippen LogP contribution in [0.1, 0.15) is 38.7 Å². The van der Waals surface area contributed by atoms with E-state index < -0.39 is 0 Å². The molecule has 1 N–H and O–H groups in total. The third-order valence-corrected chi connectivity index (χ3v) is 4.84. The van der Waals surface area contributed by atoms with Gasteiger partial charge in [0.1, 0.15) is 11.5 Å². The molecule has 1 aromatic rings. The van der Waals surface area contributed by atoms with Gasteiger partial charge in [0.25, 0.3) is 0 Å². The Morgan fingerprint density at radius 2 is 2.05 bits per heavy atom. The topological polar surface area (TPSA) is 38.3 Å². The summed E-state index contributed by atoms with van der Waals surface area (Å²) in [4.78, 5) is 12.6. The van der Waals surface area contributed by atoms with Crippen LogP contribution in [-0.4, -0.2) is 26.0 Å². The zero-order valence-electron chi connectivity index (χ0n) is 13.4. The summed E-state index contributed by atoms with van der Waals surface area (Å²) >= 11 is 0. The number of piperidine rings is 1. The lowest BCUT2D eigenvalue weighted by Crippen LogP contribution is -2.42. The minimum absolute atomic E-state index is 0.222. The third-order valence-electron chi connectivity index (χ3n) is 4.84. The molecular weight excluding hydrogens is 262 g/mol. The van der Waals surface area contributed by atoms with E-state index in [0.717, 1.165) is 31.7 Å². The molecule has 0 amide bonds. The second-order valence-electron chi connectivity index (χ2n) is 6.54. The Kier molecular flexibility index (Phi) is 5.40. The van der Waals surface area contributed by atoms with Crippen molar-refractivity contribution in [1.82, 2.24) is 5.32 Å². The van der Waals surface area contributed by atoms with E-state index in [-0.39, 0.29) is 5.41 Å². The maximum absolute atomic E-state index is 12.6. The van der Waals surface area contributed by atoms with Crippen LogP contribution in [0.3, 0.4) is 0 Å². The van der Waals surface area contributed by atoms with Gasteiger partial charge in [-0.1, -0.05) is 26.0 Å². The van der Waals surface area contributed by atoms with Crippen molar-refractivity contribution in [2.75, 3.05) is 20.2 Å². The monoisotopic (exact) mass is 289 g/mol. The first kappa shape index (κ1) is 16.0. The quantitative estimate of drug-likeness (QED) is 0.874. The van der Waals surface area contributed by atoms with Gasteiger partial charge in [-0.2, -0.15) is 0 Å². The van der Waals surface area contributed by atoms with Gasteiger partial charge in [0.2, 0.25) is 0 Å². The highest BCUT2D eigenvalue weighted by atomic mass is 16.5. The number of rotatable bonds is 6. The average Bonchev–Trinajstić information content (AvgIpc) is 2.53. The van der Waals surface area contributed by atoms with Crippen molar-refractivity contribution in [2.45, 2.75) is 39.5 Å². The Hall–Kier alpha value is -1.35. The van der Waals surface area contributed by atoms with E-state index in [1.165, 1.54) is 12.0 Å². The van der Waals surface area contributed by atoms with Crippen molar-refractivity contribution in [3.63, 3.8) is 0 Å². The van der Waals surface area contributed by atoms with Crippen molar-refractivity contribution in [1.29, 1.82) is 0 Å². The lowest BCUT2D eigenvalue weighted by atomic mass is 9.71. The van der Waals surface area contributed by atoms with E-state index in [2.05, 4.69) is 19.2 Å². The number of hydrogen-bond donors (Lipinski definition) is 1. The molecule has 1 saturated heterocycles. The Balaban J connectivity index is 1.90. The maximum atomic E-state index is 12.6. The van der Waals surface area contributed by atoms with Crippen LogP contribution in [0, 0.1) is 11.3 Å². The Morgan fingerprint density at radius 1 is 1.33 bits per heavy atom. The Bertz CT molecular complexity index is 459. The summed E-state index contributed by atoms with van der Waals surface area (Å²) in [5.41, 5.74) is 0.974. The summed E-state index contributed by atoms with van der Waals surface area (Å²) in [6, 6.07) is 7.99. The molecule has 0 aliphatic carbocycles. The summed E-state index contributed by atoms with van der Waals surface area (Å²) in [6.07, 6.45) is 3.77. The van der Waals surface area contributed by atoms with Gasteiger partial charge in [-0.3, -0.25) is 4.79 Å². The van der Waals surface area contributed by atoms with Gasteiger partial charge in [0, 0.05) is 11.8 Å². The molecule has 0 bridgehead atoms. The van der Waals surface area contributed by atoms with E-state index in [1.54, 1.807) is 7.11 Å². The fourth-order valence-corrected chi connectivity index (χ4v) is 3.07. The molecule has 0 spiro atoms. The van der Waals surface area contributed by atoms with E-state index in [9.17, 15) is 4.79 Å². The highest BCUT2D eigenvalue weighted by molar-refractivity contribution is 5.84. The Morgan fingerprint density at radius 3 is 2.62 bits per heavy atom. The van der Waals surface area contributed by atoms with Crippen molar-refractivity contribution in [3.8, 4) is 5.75 Å². The standard InChI is InChI=1S/C18H27NO2/c1-18(2,15-5-4-12-19-13-15)17(20)11-8-14-6-9-16(21-3)10-7-14/h6-7,9-10,15,19H,4-5,8,11-13H2,1-3H3. The molecule has 3 heteroatoms. The molecule has 1 aliphatic heterocycles. The number of ether oxygens (including phenoxy) is 1. The van der Waals surface area contributed by atoms with Crippen LogP contribution in [0.2, 0.25) is 0 Å². The van der Waals surface area contributed by atoms with Gasteiger partial charge in [0.15, 0.2) is 0 Å². The summed E-state index contributed by atoms with van der Waals surface area (Å²) in [5, 5.41) is 3.42. The first-order valence-electron chi connectivity index (χ1n) is 7.91. The third kappa shape index (κ3) is 4.07. The van der Waals surface area contributed by atoms with Crippen molar-refractivity contribution in [3.05, 3.63) is 29.8 Å². The average molecular weight is 289 g/mol. The van der Waals surface area contributed by atoms with Crippen LogP contribution in [0.15, 0.2) is 24.3 Å². The summed E-state index contributed by atoms with van der Waals surface area (Å²) in [6.45, 7) is 6.29. The highest BCUT2D eigenvalue weighted by Gasteiger charge is 2.36. The van der Waals surface area contributed by atoms with E-state index in [0.29, 0.717) is 18.1 Å². The second kappa shape index (κ2) is 7.08. The first-order chi connectivity index (χ1) is 10.0. The van der Waals surface area contributed by atoms with E-state index in [1.807, 2.05) is 24.3 Å². The zero-order chi connectivity index (χ0) is 15.3. The van der Waals surface area contributed by atoms with Crippen LogP contribution < -0.4 is 10.1 Å². The minimum Gasteiger partial charge on any atom is -0.497 e. The van der Waals surface area contributed by atoms with Crippen LogP contribution in [0.25, 0.3) is 0 Å². The number of carbonyl (C=O) groups is 1. The number of benzene rings is 1. The predicted molar refractivity (Wildman–Crippen MR) is 85.7 cm³/mol. The fourth-order valence-electron chi connectivity index (χ4n) is 3.07. The molecular formula is C18H27NO2. The molecule has 116 valence electrons. The molecule has 0 aromatic heterocycles. The summed E-state index contributed by atoms with van der Waals surface area (Å²) < 4.78 is 5.15. The van der Waals surface area contributed by atoms with Crippen molar-refractivity contribution in [2.24, 2.45) is 11.3 Å². The largest absolute Gasteiger partial charge is 0.497 e. The molecule has 0 saturated carbocycles. The second-order valence-corrected chi connectivity index (χ2v) is 6.54. The van der Waals surface area contributed by atoms with Crippen LogP contribution >= 0.6 is 0 Å². The van der Waals surface area contributed by atoms with Gasteiger partial charge in [-0.25, -0.2) is 0 Å². The van der Waals surface area contributed by atoms with Gasteiger partial charge >= 0.3 is 0 Å². The van der Waals surface area contributed by atoms with E-state index >= 15 is 0 Å². The van der Waals surface area contributed by atoms with Gasteiger partial charge in [-0.15, -0.1) is 0 Å². The van der Waals surface area contributed by atoms with E-state index in [4.69, 9.17) is 4.74 Å². The maximum Gasteiger partial charge on any atom is 0.139 e. The number of methoxy groups -OCH3 is 1. The van der Waals surface area contributed by atoms with Gasteiger partial charge < -0.3 is 10.1 Å². The summed E-state index contributed by atoms with van der Waals surface area (Å²) in [7, 11) is 1.67. The molecule has 1 aromatic carbocycles. The Labute approximate surface area is 128 Å². The van der Waals surface area contributed by atoms with Crippen molar-refractivity contribution < 1.29 is 9.53 Å². The van der Waals surface area contributed by atoms with Crippen LogP contribution in [0.5, 0.6) is 5.75 Å². The molecule has 1 aliphatic rings. The number of hydrogen-bond acceptors (Lipinski definition) is 3. The highest BCUT2D eigenvalue weighted by Crippen LogP contribution is 2.34. The predicted octanol–water partition coefficient (Wildman–Crippen LogP) is 3.22. The number of nitrogens with one attached hydrogen (secondary N) is 1. The number of ketones is 1. The lowest BCUT2D eigenvalue weighted by Gasteiger charge is -2.36. The van der Waals surface area contributed by atoms with Crippen molar-refractivity contribution >= 4 is 5.78 Å². The van der Waals surface area contributed by atoms with Gasteiger partial charge in [0.05, 0.1) is 7.11 Å². The summed E-state index contributed by atoms with van der Waals surface area (Å²) in [5.74, 6) is 1.71. The first-order valence-corrected chi connectivity index (χ1v) is 7.91. The van der Waals surface area contributed by atoms with Crippen LogP contribution in [-0.2, 0) is 11.2 Å². The molecule has 2 rings (SSSR count). The minimum atomic E-state index is -0.222. The normalized spacial score (nSPS) is 19.3. The van der Waals surface area contributed by atoms with Crippen LogP contribution in [0.4, 0.5) is 0 Å². The molecule has 1 heterocycles. The number of aryl methyl sites for hydroxylation is 1. The SMILES string of the molecule is COc1ccc(CCC(=O)C(C)(C)C2CCCNC2)cc1. The smallest absolute Gasteiger partial charge is 0.139 e. The lowest BCUT2D eigenvalue weighted by molar-refractivity contribution is -0.130. The molecule has 0 radical (unpaired) electrons.